The fourth-order valence-corrected chi connectivity index (χ4v) is 1.16. The van der Waals surface area contributed by atoms with E-state index in [1.807, 2.05) is 27.7 Å². The molecule has 1 rings (SSSR count). The number of hydrogen-bond donors (Lipinski definition) is 1. The predicted octanol–water partition coefficient (Wildman–Crippen LogP) is 0.959. The summed E-state index contributed by atoms with van der Waals surface area (Å²) in [6.07, 6.45) is 2.69. The van der Waals surface area contributed by atoms with Crippen molar-refractivity contribution >= 4 is 0 Å². The van der Waals surface area contributed by atoms with Gasteiger partial charge in [0.05, 0.1) is 12.6 Å². The lowest BCUT2D eigenvalue weighted by Gasteiger charge is -2.26. The Bertz CT molecular complexity index is 390. The molecule has 84 valence electrons. The molecule has 1 heterocycles. The zero-order valence-electron chi connectivity index (χ0n) is 9.69. The minimum absolute atomic E-state index is 0.233. The lowest BCUT2D eigenvalue weighted by atomic mass is 9.89. The topological polar surface area (TPSA) is 55.1 Å². The second-order valence-corrected chi connectivity index (χ2v) is 4.95. The monoisotopic (exact) mass is 210 g/mol. The van der Waals surface area contributed by atoms with Crippen LogP contribution in [-0.4, -0.2) is 20.8 Å². The van der Waals surface area contributed by atoms with E-state index < -0.39 is 6.10 Å². The van der Waals surface area contributed by atoms with Crippen LogP contribution in [0.5, 0.6) is 0 Å². The number of nitrogens with zero attached hydrogens (tertiary/aromatic N) is 2. The lowest BCUT2D eigenvalue weighted by molar-refractivity contribution is 0.0468. The largest absolute Gasteiger partial charge is 0.391 e. The van der Waals surface area contributed by atoms with Gasteiger partial charge in [-0.1, -0.05) is 20.8 Å². The predicted molar refractivity (Wildman–Crippen MR) is 58.7 cm³/mol. The first kappa shape index (κ1) is 11.9. The molecule has 0 aliphatic rings. The van der Waals surface area contributed by atoms with Crippen molar-refractivity contribution in [2.75, 3.05) is 0 Å². The summed E-state index contributed by atoms with van der Waals surface area (Å²) in [4.78, 5) is 15.1. The van der Waals surface area contributed by atoms with Crippen molar-refractivity contribution in [3.63, 3.8) is 0 Å². The molecule has 0 aliphatic heterocycles. The van der Waals surface area contributed by atoms with Crippen LogP contribution in [0.4, 0.5) is 0 Å². The first-order valence-corrected chi connectivity index (χ1v) is 5.02. The Hall–Kier alpha value is -1.16. The standard InChI is InChI=1S/C11H18N2O2/c1-8-5-12-10(15)13(6-8)7-9(14)11(2,3)4/h5-6,9,14H,7H2,1-4H3. The maximum atomic E-state index is 11.4. The number of hydrogen-bond acceptors (Lipinski definition) is 3. The number of aliphatic hydroxyl groups excluding tert-OH is 1. The molecule has 4 heteroatoms. The summed E-state index contributed by atoms with van der Waals surface area (Å²) >= 11 is 0. The zero-order valence-corrected chi connectivity index (χ0v) is 9.69. The molecule has 4 nitrogen and oxygen atoms in total. The Morgan fingerprint density at radius 3 is 2.67 bits per heavy atom. The van der Waals surface area contributed by atoms with E-state index in [2.05, 4.69) is 4.98 Å². The SMILES string of the molecule is Cc1cnc(=O)n(CC(O)C(C)(C)C)c1. The van der Waals surface area contributed by atoms with E-state index in [-0.39, 0.29) is 17.6 Å². The van der Waals surface area contributed by atoms with Crippen LogP contribution < -0.4 is 5.69 Å². The quantitative estimate of drug-likeness (QED) is 0.791. The Labute approximate surface area is 89.6 Å². The van der Waals surface area contributed by atoms with Crippen LogP contribution in [0.15, 0.2) is 17.2 Å². The highest BCUT2D eigenvalue weighted by Gasteiger charge is 2.22. The number of aryl methyl sites for hydroxylation is 1. The van der Waals surface area contributed by atoms with Crippen LogP contribution in [0.2, 0.25) is 0 Å². The third kappa shape index (κ3) is 3.16. The van der Waals surface area contributed by atoms with Gasteiger partial charge >= 0.3 is 5.69 Å². The van der Waals surface area contributed by atoms with Crippen molar-refractivity contribution in [3.8, 4) is 0 Å². The smallest absolute Gasteiger partial charge is 0.347 e. The minimum Gasteiger partial charge on any atom is -0.391 e. The molecule has 0 amide bonds. The van der Waals surface area contributed by atoms with Crippen LogP contribution >= 0.6 is 0 Å². The van der Waals surface area contributed by atoms with Crippen molar-refractivity contribution in [1.29, 1.82) is 0 Å². The van der Waals surface area contributed by atoms with E-state index >= 15 is 0 Å². The Kier molecular flexibility index (Phi) is 3.29. The molecule has 0 radical (unpaired) electrons. The van der Waals surface area contributed by atoms with Gasteiger partial charge in [0.1, 0.15) is 0 Å². The van der Waals surface area contributed by atoms with Gasteiger partial charge in [0.25, 0.3) is 0 Å². The van der Waals surface area contributed by atoms with Gasteiger partial charge < -0.3 is 5.11 Å². The van der Waals surface area contributed by atoms with Gasteiger partial charge in [0.2, 0.25) is 0 Å². The van der Waals surface area contributed by atoms with E-state index in [0.29, 0.717) is 0 Å². The third-order valence-electron chi connectivity index (χ3n) is 2.35. The summed E-state index contributed by atoms with van der Waals surface area (Å²) < 4.78 is 1.45. The molecule has 0 spiro atoms. The van der Waals surface area contributed by atoms with E-state index in [0.717, 1.165) is 5.56 Å². The first-order valence-electron chi connectivity index (χ1n) is 5.02. The van der Waals surface area contributed by atoms with Gasteiger partial charge in [-0.3, -0.25) is 4.57 Å². The first-order chi connectivity index (χ1) is 6.80. The van der Waals surface area contributed by atoms with Crippen LogP contribution in [-0.2, 0) is 6.54 Å². The van der Waals surface area contributed by atoms with E-state index in [4.69, 9.17) is 0 Å². The van der Waals surface area contributed by atoms with Crippen LogP contribution in [0.25, 0.3) is 0 Å². The van der Waals surface area contributed by atoms with Crippen LogP contribution in [0.3, 0.4) is 0 Å². The molecule has 1 atom stereocenters. The summed E-state index contributed by atoms with van der Waals surface area (Å²) in [6, 6.07) is 0. The normalized spacial score (nSPS) is 13.9. The molecule has 1 aromatic rings. The second kappa shape index (κ2) is 4.14. The highest BCUT2D eigenvalue weighted by Crippen LogP contribution is 2.19. The average Bonchev–Trinajstić information content (AvgIpc) is 2.09. The van der Waals surface area contributed by atoms with Crippen molar-refractivity contribution in [2.45, 2.75) is 40.3 Å². The van der Waals surface area contributed by atoms with Gasteiger partial charge in [-0.25, -0.2) is 9.78 Å². The zero-order chi connectivity index (χ0) is 11.6. The lowest BCUT2D eigenvalue weighted by Crippen LogP contribution is -2.35. The second-order valence-electron chi connectivity index (χ2n) is 4.95. The number of aromatic nitrogens is 2. The third-order valence-corrected chi connectivity index (χ3v) is 2.35. The maximum Gasteiger partial charge on any atom is 0.347 e. The molecule has 1 unspecified atom stereocenters. The van der Waals surface area contributed by atoms with Gasteiger partial charge in [-0.05, 0) is 17.9 Å². The molecule has 0 aromatic carbocycles. The molecule has 0 saturated heterocycles. The molecular weight excluding hydrogens is 192 g/mol. The summed E-state index contributed by atoms with van der Waals surface area (Å²) in [5, 5.41) is 9.87. The molecule has 0 fully saturated rings. The van der Waals surface area contributed by atoms with Gasteiger partial charge in [0, 0.05) is 12.4 Å². The molecule has 0 bridgehead atoms. The van der Waals surface area contributed by atoms with Gasteiger partial charge in [-0.2, -0.15) is 0 Å². The molecule has 0 saturated carbocycles. The van der Waals surface area contributed by atoms with E-state index in [1.54, 1.807) is 6.20 Å². The Morgan fingerprint density at radius 2 is 2.13 bits per heavy atom. The Balaban J connectivity index is 2.90. The summed E-state index contributed by atoms with van der Waals surface area (Å²) in [5.74, 6) is 0. The fourth-order valence-electron chi connectivity index (χ4n) is 1.16. The highest BCUT2D eigenvalue weighted by atomic mass is 16.3. The highest BCUT2D eigenvalue weighted by molar-refractivity contribution is 5.00. The van der Waals surface area contributed by atoms with Crippen molar-refractivity contribution in [2.24, 2.45) is 5.41 Å². The Morgan fingerprint density at radius 1 is 1.53 bits per heavy atom. The number of aliphatic hydroxyl groups is 1. The van der Waals surface area contributed by atoms with Crippen molar-refractivity contribution in [3.05, 3.63) is 28.4 Å². The summed E-state index contributed by atoms with van der Waals surface area (Å²) in [7, 11) is 0. The maximum absolute atomic E-state index is 11.4. The molecule has 0 aliphatic carbocycles. The van der Waals surface area contributed by atoms with Crippen molar-refractivity contribution in [1.82, 2.24) is 9.55 Å². The molecule has 1 aromatic heterocycles. The van der Waals surface area contributed by atoms with Gasteiger partial charge in [0.15, 0.2) is 0 Å². The average molecular weight is 210 g/mol. The fraction of sp³-hybridized carbons (Fsp3) is 0.636. The summed E-state index contributed by atoms with van der Waals surface area (Å²) in [6.45, 7) is 7.97. The minimum atomic E-state index is -0.557. The van der Waals surface area contributed by atoms with Gasteiger partial charge in [-0.15, -0.1) is 0 Å². The van der Waals surface area contributed by atoms with Crippen LogP contribution in [0, 0.1) is 12.3 Å². The number of rotatable bonds is 2. The molecule has 1 N–H and O–H groups in total. The molecule has 15 heavy (non-hydrogen) atoms. The molecular formula is C11H18N2O2. The van der Waals surface area contributed by atoms with E-state index in [1.165, 1.54) is 10.8 Å². The van der Waals surface area contributed by atoms with Crippen molar-refractivity contribution < 1.29 is 5.11 Å². The van der Waals surface area contributed by atoms with E-state index in [9.17, 15) is 9.90 Å². The summed E-state index contributed by atoms with van der Waals surface area (Å²) in [5.41, 5.74) is 0.364. The van der Waals surface area contributed by atoms with Crippen LogP contribution in [0.1, 0.15) is 26.3 Å².